The van der Waals surface area contributed by atoms with E-state index >= 15 is 0 Å². The molecule has 0 saturated heterocycles. The van der Waals surface area contributed by atoms with E-state index in [4.69, 9.17) is 9.47 Å². The van der Waals surface area contributed by atoms with Gasteiger partial charge in [-0.05, 0) is 43.7 Å². The van der Waals surface area contributed by atoms with E-state index in [-0.39, 0.29) is 13.2 Å². The highest BCUT2D eigenvalue weighted by atomic mass is 16.5. The van der Waals surface area contributed by atoms with Crippen LogP contribution in [-0.4, -0.2) is 50.0 Å². The minimum atomic E-state index is -0.687. The minimum Gasteiger partial charge on any atom is -0.497 e. The third-order valence-corrected chi connectivity index (χ3v) is 5.05. The maximum absolute atomic E-state index is 13.0. The maximum atomic E-state index is 13.0. The SMILES string of the molecule is CCOC(=O)C1=C(CN(CC(C)O)c2ccccc2)NC(=O)NC1c1ccc(OC)cc1. The molecule has 3 rings (SSSR count). The lowest BCUT2D eigenvalue weighted by Crippen LogP contribution is -2.49. The average molecular weight is 440 g/mol. The first kappa shape index (κ1) is 23.1. The molecule has 3 N–H and O–H groups in total. The molecule has 1 aliphatic heterocycles. The number of anilines is 1. The van der Waals surface area contributed by atoms with Gasteiger partial charge in [0.1, 0.15) is 5.75 Å². The van der Waals surface area contributed by atoms with E-state index in [0.29, 0.717) is 23.6 Å². The molecule has 0 aromatic heterocycles. The standard InChI is InChI=1S/C24H29N3O5/c1-4-32-23(29)21-20(15-27(14-16(2)28)18-8-6-5-7-9-18)25-24(30)26-22(21)17-10-12-19(31-3)13-11-17/h5-13,16,22,28H,4,14-15H2,1-3H3,(H2,25,26,30). The Morgan fingerprint density at radius 3 is 2.44 bits per heavy atom. The third-order valence-electron chi connectivity index (χ3n) is 5.05. The van der Waals surface area contributed by atoms with Gasteiger partial charge in [-0.25, -0.2) is 9.59 Å². The topological polar surface area (TPSA) is 100 Å². The molecule has 2 amide bonds. The van der Waals surface area contributed by atoms with Gasteiger partial charge in [-0.15, -0.1) is 0 Å². The van der Waals surface area contributed by atoms with Crippen molar-refractivity contribution in [2.45, 2.75) is 26.0 Å². The first-order chi connectivity index (χ1) is 15.4. The number of esters is 1. The van der Waals surface area contributed by atoms with Crippen LogP contribution >= 0.6 is 0 Å². The molecule has 2 unspecified atom stereocenters. The normalized spacial score (nSPS) is 16.6. The van der Waals surface area contributed by atoms with Crippen molar-refractivity contribution >= 4 is 17.7 Å². The second-order valence-electron chi connectivity index (χ2n) is 7.48. The molecule has 1 heterocycles. The van der Waals surface area contributed by atoms with Crippen LogP contribution in [0.1, 0.15) is 25.5 Å². The first-order valence-electron chi connectivity index (χ1n) is 10.5. The summed E-state index contributed by atoms with van der Waals surface area (Å²) in [6.45, 7) is 4.16. The summed E-state index contributed by atoms with van der Waals surface area (Å²) in [7, 11) is 1.57. The Hall–Kier alpha value is -3.52. The number of methoxy groups -OCH3 is 1. The number of rotatable bonds is 9. The highest BCUT2D eigenvalue weighted by molar-refractivity contribution is 5.95. The third kappa shape index (κ3) is 5.59. The summed E-state index contributed by atoms with van der Waals surface area (Å²) in [5.41, 5.74) is 2.33. The van der Waals surface area contributed by atoms with Crippen molar-refractivity contribution in [1.29, 1.82) is 0 Å². The lowest BCUT2D eigenvalue weighted by molar-refractivity contribution is -0.139. The predicted molar refractivity (Wildman–Crippen MR) is 121 cm³/mol. The number of benzene rings is 2. The molecule has 0 spiro atoms. The van der Waals surface area contributed by atoms with Gasteiger partial charge >= 0.3 is 12.0 Å². The summed E-state index contributed by atoms with van der Waals surface area (Å²) in [5, 5.41) is 15.7. The number of carbonyl (C=O) groups excluding carboxylic acids is 2. The molecular formula is C24H29N3O5. The number of aliphatic hydroxyl groups is 1. The van der Waals surface area contributed by atoms with Gasteiger partial charge in [0, 0.05) is 12.2 Å². The smallest absolute Gasteiger partial charge is 0.338 e. The summed E-state index contributed by atoms with van der Waals surface area (Å²) in [4.78, 5) is 27.5. The largest absolute Gasteiger partial charge is 0.497 e. The van der Waals surface area contributed by atoms with E-state index < -0.39 is 24.1 Å². The summed E-state index contributed by atoms with van der Waals surface area (Å²) in [6.07, 6.45) is -0.614. The van der Waals surface area contributed by atoms with Gasteiger partial charge in [0.15, 0.2) is 0 Å². The Balaban J connectivity index is 2.05. The molecule has 8 nitrogen and oxygen atoms in total. The van der Waals surface area contributed by atoms with Gasteiger partial charge in [-0.3, -0.25) is 0 Å². The van der Waals surface area contributed by atoms with Crippen molar-refractivity contribution in [2.24, 2.45) is 0 Å². The van der Waals surface area contributed by atoms with Crippen LogP contribution in [-0.2, 0) is 9.53 Å². The zero-order chi connectivity index (χ0) is 23.1. The maximum Gasteiger partial charge on any atom is 0.338 e. The zero-order valence-corrected chi connectivity index (χ0v) is 18.5. The summed E-state index contributed by atoms with van der Waals surface area (Å²) < 4.78 is 10.5. The van der Waals surface area contributed by atoms with Crippen molar-refractivity contribution < 1.29 is 24.2 Å². The fraction of sp³-hybridized carbons (Fsp3) is 0.333. The van der Waals surface area contributed by atoms with Gasteiger partial charge in [-0.2, -0.15) is 0 Å². The fourth-order valence-corrected chi connectivity index (χ4v) is 3.65. The summed E-state index contributed by atoms with van der Waals surface area (Å²) in [5.74, 6) is 0.156. The average Bonchev–Trinajstić information content (AvgIpc) is 2.78. The molecule has 2 aromatic rings. The lowest BCUT2D eigenvalue weighted by atomic mass is 9.94. The van der Waals surface area contributed by atoms with Gasteiger partial charge in [0.25, 0.3) is 0 Å². The van der Waals surface area contributed by atoms with Gasteiger partial charge < -0.3 is 30.1 Å². The van der Waals surface area contributed by atoms with E-state index in [1.54, 1.807) is 45.2 Å². The van der Waals surface area contributed by atoms with Gasteiger partial charge in [0.05, 0.1) is 43.7 Å². The quantitative estimate of drug-likeness (QED) is 0.520. The molecule has 0 radical (unpaired) electrons. The van der Waals surface area contributed by atoms with E-state index in [0.717, 1.165) is 11.3 Å². The lowest BCUT2D eigenvalue weighted by Gasteiger charge is -2.33. The number of aliphatic hydroxyl groups excluding tert-OH is 1. The molecule has 0 saturated carbocycles. The van der Waals surface area contributed by atoms with Crippen LogP contribution in [0.25, 0.3) is 0 Å². The molecule has 2 atom stereocenters. The number of amides is 2. The minimum absolute atomic E-state index is 0.203. The highest BCUT2D eigenvalue weighted by Gasteiger charge is 2.34. The van der Waals surface area contributed by atoms with Crippen LogP contribution in [0.2, 0.25) is 0 Å². The number of para-hydroxylation sites is 1. The van der Waals surface area contributed by atoms with Crippen molar-refractivity contribution in [2.75, 3.05) is 31.7 Å². The molecule has 2 aromatic carbocycles. The van der Waals surface area contributed by atoms with Crippen LogP contribution in [0, 0.1) is 0 Å². The number of nitrogens with zero attached hydrogens (tertiary/aromatic N) is 1. The van der Waals surface area contributed by atoms with Crippen LogP contribution in [0.3, 0.4) is 0 Å². The second-order valence-corrected chi connectivity index (χ2v) is 7.48. The Labute approximate surface area is 187 Å². The highest BCUT2D eigenvalue weighted by Crippen LogP contribution is 2.30. The molecule has 0 fully saturated rings. The van der Waals surface area contributed by atoms with E-state index in [2.05, 4.69) is 10.6 Å². The first-order valence-corrected chi connectivity index (χ1v) is 10.5. The molecule has 0 aliphatic carbocycles. The van der Waals surface area contributed by atoms with Crippen LogP contribution in [0.15, 0.2) is 65.9 Å². The van der Waals surface area contributed by atoms with Crippen molar-refractivity contribution in [3.05, 3.63) is 71.4 Å². The zero-order valence-electron chi connectivity index (χ0n) is 18.5. The van der Waals surface area contributed by atoms with E-state index in [9.17, 15) is 14.7 Å². The number of nitrogens with one attached hydrogen (secondary N) is 2. The second kappa shape index (κ2) is 10.7. The monoisotopic (exact) mass is 439 g/mol. The Bertz CT molecular complexity index is 957. The van der Waals surface area contributed by atoms with Crippen molar-refractivity contribution in [1.82, 2.24) is 10.6 Å². The van der Waals surface area contributed by atoms with Gasteiger partial charge in [0.2, 0.25) is 0 Å². The van der Waals surface area contributed by atoms with E-state index in [1.165, 1.54) is 0 Å². The fourth-order valence-electron chi connectivity index (χ4n) is 3.65. The van der Waals surface area contributed by atoms with Gasteiger partial charge in [-0.1, -0.05) is 30.3 Å². The van der Waals surface area contributed by atoms with Crippen LogP contribution in [0.4, 0.5) is 10.5 Å². The molecule has 1 aliphatic rings. The molecule has 170 valence electrons. The molecule has 0 bridgehead atoms. The number of ether oxygens (including phenoxy) is 2. The Morgan fingerprint density at radius 1 is 1.16 bits per heavy atom. The Kier molecular flexibility index (Phi) is 7.72. The number of hydrogen-bond donors (Lipinski definition) is 3. The summed E-state index contributed by atoms with van der Waals surface area (Å²) >= 11 is 0. The summed E-state index contributed by atoms with van der Waals surface area (Å²) in [6, 6.07) is 15.6. The predicted octanol–water partition coefficient (Wildman–Crippen LogP) is 2.75. The van der Waals surface area contributed by atoms with Crippen molar-refractivity contribution in [3.8, 4) is 5.75 Å². The Morgan fingerprint density at radius 2 is 1.84 bits per heavy atom. The number of hydrogen-bond acceptors (Lipinski definition) is 6. The van der Waals surface area contributed by atoms with E-state index in [1.807, 2.05) is 35.2 Å². The number of carbonyl (C=O) groups is 2. The molecular weight excluding hydrogens is 410 g/mol. The molecule has 8 heteroatoms. The molecule has 32 heavy (non-hydrogen) atoms. The van der Waals surface area contributed by atoms with Crippen molar-refractivity contribution in [3.63, 3.8) is 0 Å². The van der Waals surface area contributed by atoms with Crippen LogP contribution in [0.5, 0.6) is 5.75 Å². The number of urea groups is 1. The van der Waals surface area contributed by atoms with Crippen LogP contribution < -0.4 is 20.3 Å².